The lowest BCUT2D eigenvalue weighted by atomic mass is 9.76. The van der Waals surface area contributed by atoms with Crippen LogP contribution in [0.4, 0.5) is 0 Å². The van der Waals surface area contributed by atoms with Crippen molar-refractivity contribution in [2.75, 3.05) is 13.1 Å². The fraction of sp³-hybridized carbons (Fsp3) is 0.439. The molecule has 302 valence electrons. The molecule has 1 spiro atoms. The topological polar surface area (TPSA) is 0 Å². The number of hydrogen-bond acceptors (Lipinski definition) is 0. The van der Waals surface area contributed by atoms with Gasteiger partial charge in [-0.25, -0.2) is 0 Å². The number of rotatable bonds is 2. The van der Waals surface area contributed by atoms with Gasteiger partial charge in [0.25, 0.3) is 0 Å². The van der Waals surface area contributed by atoms with Crippen molar-refractivity contribution in [1.82, 2.24) is 0 Å². The zero-order chi connectivity index (χ0) is 41.4. The first kappa shape index (κ1) is 40.6. The molecule has 1 fully saturated rings. The minimum absolute atomic E-state index is 0.0336. The van der Waals surface area contributed by atoms with E-state index in [9.17, 15) is 0 Å². The lowest BCUT2D eigenvalue weighted by Gasteiger charge is -2.40. The van der Waals surface area contributed by atoms with Gasteiger partial charge in [-0.1, -0.05) is 174 Å². The molecule has 6 aromatic carbocycles. The van der Waals surface area contributed by atoms with Gasteiger partial charge in [-0.15, -0.1) is 0 Å². The summed E-state index contributed by atoms with van der Waals surface area (Å²) < 4.78 is 1.12. The predicted octanol–water partition coefficient (Wildman–Crippen LogP) is 16.0. The highest BCUT2D eigenvalue weighted by molar-refractivity contribution is 6.12. The van der Waals surface area contributed by atoms with Gasteiger partial charge < -0.3 is 4.48 Å². The fourth-order valence-electron chi connectivity index (χ4n) is 10.1. The molecule has 0 aliphatic carbocycles. The van der Waals surface area contributed by atoms with E-state index >= 15 is 0 Å². The van der Waals surface area contributed by atoms with Crippen LogP contribution in [0.25, 0.3) is 54.9 Å². The maximum atomic E-state index is 2.57. The highest BCUT2D eigenvalue weighted by Crippen LogP contribution is 2.51. The van der Waals surface area contributed by atoms with Crippen molar-refractivity contribution in [3.05, 3.63) is 130 Å². The molecule has 8 rings (SSSR count). The van der Waals surface area contributed by atoms with Crippen molar-refractivity contribution < 1.29 is 4.48 Å². The van der Waals surface area contributed by atoms with Crippen LogP contribution in [-0.2, 0) is 34.7 Å². The summed E-state index contributed by atoms with van der Waals surface area (Å²) in [6.45, 7) is 33.1. The van der Waals surface area contributed by atoms with Crippen molar-refractivity contribution in [2.45, 2.75) is 150 Å². The van der Waals surface area contributed by atoms with Crippen molar-refractivity contribution in [3.63, 3.8) is 0 Å². The summed E-state index contributed by atoms with van der Waals surface area (Å²) in [6, 6.07) is 38.9. The van der Waals surface area contributed by atoms with E-state index < -0.39 is 0 Å². The van der Waals surface area contributed by atoms with E-state index in [0.29, 0.717) is 0 Å². The van der Waals surface area contributed by atoms with Gasteiger partial charge in [0, 0.05) is 22.3 Å². The number of quaternary nitrogens is 1. The maximum absolute atomic E-state index is 2.57. The summed E-state index contributed by atoms with van der Waals surface area (Å²) in [4.78, 5) is 0. The Bertz CT molecular complexity index is 2270. The number of benzene rings is 6. The molecule has 0 aromatic heterocycles. The van der Waals surface area contributed by atoms with Crippen LogP contribution in [0.5, 0.6) is 0 Å². The second kappa shape index (κ2) is 14.5. The predicted molar refractivity (Wildman–Crippen MR) is 253 cm³/mol. The van der Waals surface area contributed by atoms with Crippen molar-refractivity contribution in [3.8, 4) is 33.4 Å². The van der Waals surface area contributed by atoms with Gasteiger partial charge in [-0.05, 0) is 126 Å². The zero-order valence-corrected chi connectivity index (χ0v) is 38.0. The first-order valence-corrected chi connectivity index (χ1v) is 22.5. The Kier molecular flexibility index (Phi) is 10.2. The highest BCUT2D eigenvalue weighted by atomic mass is 15.4. The molecule has 1 saturated heterocycles. The Morgan fingerprint density at radius 1 is 0.379 bits per heavy atom. The van der Waals surface area contributed by atoms with Crippen LogP contribution >= 0.6 is 0 Å². The molecule has 0 unspecified atom stereocenters. The zero-order valence-electron chi connectivity index (χ0n) is 38.0. The molecular formula is C57H70N+. The minimum atomic E-state index is 0.0336. The molecule has 1 nitrogen and oxygen atoms in total. The lowest BCUT2D eigenvalue weighted by molar-refractivity contribution is -0.954. The second-order valence-electron chi connectivity index (χ2n) is 22.5. The Hall–Kier alpha value is -4.20. The van der Waals surface area contributed by atoms with Gasteiger partial charge in [0.2, 0.25) is 0 Å². The van der Waals surface area contributed by atoms with Gasteiger partial charge in [-0.3, -0.25) is 0 Å². The molecule has 0 atom stereocenters. The van der Waals surface area contributed by atoms with Gasteiger partial charge in [0.05, 0.1) is 13.1 Å². The monoisotopic (exact) mass is 769 g/mol. The minimum Gasteiger partial charge on any atom is -0.316 e. The average Bonchev–Trinajstić information content (AvgIpc) is 3.30. The van der Waals surface area contributed by atoms with Crippen molar-refractivity contribution in [2.24, 2.45) is 0 Å². The van der Waals surface area contributed by atoms with Crippen LogP contribution in [0, 0.1) is 0 Å². The quantitative estimate of drug-likeness (QED) is 0.154. The third-order valence-electron chi connectivity index (χ3n) is 13.8. The molecule has 0 amide bonds. The summed E-state index contributed by atoms with van der Waals surface area (Å²) in [6.07, 6.45) is 6.61. The standard InChI is InChI=1S/C57H70N/c1-54(2,3)42-28-40(29-43(34-42)55(4,5)6)48-32-38-22-16-18-24-46(38)52-50(48)36-58(26-20-14-13-15-21-27-58)37-51-49(33-39-23-17-19-25-47(39)53(51)52)41-30-44(56(7,8)9)35-45(31-41)57(10,11)12/h16-19,22-25,28-35H,13-15,20-21,26-27,36-37H2,1-12H3/q+1. The van der Waals surface area contributed by atoms with E-state index in [0.717, 1.165) is 17.6 Å². The lowest BCUT2D eigenvalue weighted by Crippen LogP contribution is -2.48. The first-order valence-electron chi connectivity index (χ1n) is 22.5. The molecule has 2 heterocycles. The van der Waals surface area contributed by atoms with E-state index in [-0.39, 0.29) is 21.7 Å². The van der Waals surface area contributed by atoms with E-state index in [1.54, 1.807) is 11.1 Å². The fourth-order valence-corrected chi connectivity index (χ4v) is 10.1. The van der Waals surface area contributed by atoms with Gasteiger partial charge in [0.1, 0.15) is 13.1 Å². The number of nitrogens with zero attached hydrogens (tertiary/aromatic N) is 1. The molecule has 0 saturated carbocycles. The van der Waals surface area contributed by atoms with E-state index in [4.69, 9.17) is 0 Å². The van der Waals surface area contributed by atoms with Gasteiger partial charge >= 0.3 is 0 Å². The average molecular weight is 769 g/mol. The molecule has 0 bridgehead atoms. The molecular weight excluding hydrogens is 699 g/mol. The third-order valence-corrected chi connectivity index (χ3v) is 13.8. The Labute approximate surface area is 351 Å². The van der Waals surface area contributed by atoms with Gasteiger partial charge in [0.15, 0.2) is 0 Å². The summed E-state index contributed by atoms with van der Waals surface area (Å²) in [5.74, 6) is 0. The van der Waals surface area contributed by atoms with Crippen molar-refractivity contribution in [1.29, 1.82) is 0 Å². The van der Waals surface area contributed by atoms with Gasteiger partial charge in [-0.2, -0.15) is 0 Å². The number of hydrogen-bond donors (Lipinski definition) is 0. The van der Waals surface area contributed by atoms with Crippen LogP contribution in [0.15, 0.2) is 97.1 Å². The normalized spacial score (nSPS) is 16.5. The summed E-state index contributed by atoms with van der Waals surface area (Å²) in [5, 5.41) is 5.44. The molecule has 1 heteroatoms. The molecule has 58 heavy (non-hydrogen) atoms. The van der Waals surface area contributed by atoms with Crippen LogP contribution in [0.3, 0.4) is 0 Å². The molecule has 6 aromatic rings. The van der Waals surface area contributed by atoms with E-state index in [1.165, 1.54) is 122 Å². The largest absolute Gasteiger partial charge is 0.316 e. The molecule has 2 aliphatic rings. The second-order valence-corrected chi connectivity index (χ2v) is 22.5. The molecule has 2 aliphatic heterocycles. The van der Waals surface area contributed by atoms with Crippen LogP contribution in [0.2, 0.25) is 0 Å². The molecule has 0 radical (unpaired) electrons. The molecule has 0 N–H and O–H groups in total. The Morgan fingerprint density at radius 3 is 1.05 bits per heavy atom. The summed E-state index contributed by atoms with van der Waals surface area (Å²) in [5.41, 5.74) is 17.5. The first-order chi connectivity index (χ1) is 27.2. The SMILES string of the molecule is CC(C)(C)c1cc(-c2cc3ccccc3c3c2C[N+]2(CCCCCCC2)Cc2c(-c4cc(C(C)(C)C)cc(C(C)(C)C)c4)cc4ccccc4c2-3)cc(C(C)(C)C)c1. The smallest absolute Gasteiger partial charge is 0.106 e. The van der Waals surface area contributed by atoms with E-state index in [1.807, 2.05) is 0 Å². The van der Waals surface area contributed by atoms with Crippen LogP contribution in [0.1, 0.15) is 149 Å². The van der Waals surface area contributed by atoms with E-state index in [2.05, 4.69) is 180 Å². The highest BCUT2D eigenvalue weighted by Gasteiger charge is 2.38. The Morgan fingerprint density at radius 2 is 0.707 bits per heavy atom. The maximum Gasteiger partial charge on any atom is 0.106 e. The summed E-state index contributed by atoms with van der Waals surface area (Å²) >= 11 is 0. The van der Waals surface area contributed by atoms with Crippen LogP contribution < -0.4 is 0 Å². The third kappa shape index (κ3) is 7.70. The van der Waals surface area contributed by atoms with Crippen molar-refractivity contribution >= 4 is 21.5 Å². The Balaban J connectivity index is 1.56. The van der Waals surface area contributed by atoms with Crippen LogP contribution in [-0.4, -0.2) is 17.6 Å². The number of fused-ring (bicyclic) bond motifs is 7. The summed E-state index contributed by atoms with van der Waals surface area (Å²) in [7, 11) is 0.